The van der Waals surface area contributed by atoms with Crippen LogP contribution in [0.5, 0.6) is 5.75 Å². The summed E-state index contributed by atoms with van der Waals surface area (Å²) in [6, 6.07) is 7.74. The molecule has 1 aliphatic heterocycles. The summed E-state index contributed by atoms with van der Waals surface area (Å²) in [6.45, 7) is 0.966. The molecule has 1 N–H and O–H groups in total. The second kappa shape index (κ2) is 5.19. The Kier molecular flexibility index (Phi) is 3.64. The molecule has 1 heterocycles. The number of rotatable bonds is 4. The van der Waals surface area contributed by atoms with E-state index in [0.717, 1.165) is 11.3 Å². The van der Waals surface area contributed by atoms with E-state index >= 15 is 0 Å². The van der Waals surface area contributed by atoms with Gasteiger partial charge in [-0.15, -0.1) is 0 Å². The Bertz CT molecular complexity index is 399. The molecule has 2 rings (SSSR count). The lowest BCUT2D eigenvalue weighted by Crippen LogP contribution is -2.53. The molecule has 0 aliphatic carbocycles. The number of carbonyl (C=O) groups excluding carboxylic acids is 1. The number of nitrogens with zero attached hydrogens (tertiary/aromatic N) is 1. The molecule has 1 aromatic carbocycles. The summed E-state index contributed by atoms with van der Waals surface area (Å²) in [5.41, 5.74) is 1.10. The fourth-order valence-electron chi connectivity index (χ4n) is 1.90. The number of aryl methyl sites for hydroxylation is 1. The van der Waals surface area contributed by atoms with E-state index in [4.69, 9.17) is 9.84 Å². The van der Waals surface area contributed by atoms with Gasteiger partial charge in [-0.1, -0.05) is 12.1 Å². The highest BCUT2D eigenvalue weighted by Gasteiger charge is 2.27. The zero-order chi connectivity index (χ0) is 12.3. The second-order valence-corrected chi connectivity index (χ2v) is 4.30. The molecule has 1 saturated heterocycles. The second-order valence-electron chi connectivity index (χ2n) is 4.30. The Hall–Kier alpha value is -1.55. The molecule has 4 nitrogen and oxygen atoms in total. The van der Waals surface area contributed by atoms with Crippen molar-refractivity contribution in [3.8, 4) is 5.75 Å². The SMILES string of the molecule is COc1cccc(CCC(=O)N2CC(O)C2)c1. The van der Waals surface area contributed by atoms with Crippen LogP contribution in [0.15, 0.2) is 24.3 Å². The zero-order valence-electron chi connectivity index (χ0n) is 9.93. The molecule has 0 spiro atoms. The average molecular weight is 235 g/mol. The summed E-state index contributed by atoms with van der Waals surface area (Å²) >= 11 is 0. The minimum Gasteiger partial charge on any atom is -0.497 e. The maximum Gasteiger partial charge on any atom is 0.223 e. The van der Waals surface area contributed by atoms with Crippen molar-refractivity contribution in [3.05, 3.63) is 29.8 Å². The number of ether oxygens (including phenoxy) is 1. The van der Waals surface area contributed by atoms with Crippen molar-refractivity contribution < 1.29 is 14.6 Å². The van der Waals surface area contributed by atoms with E-state index in [-0.39, 0.29) is 12.0 Å². The predicted octanol–water partition coefficient (Wildman–Crippen LogP) is 0.831. The molecule has 0 bridgehead atoms. The van der Waals surface area contributed by atoms with E-state index in [2.05, 4.69) is 0 Å². The van der Waals surface area contributed by atoms with Crippen LogP contribution in [-0.4, -0.2) is 42.2 Å². The third-order valence-corrected chi connectivity index (χ3v) is 2.98. The van der Waals surface area contributed by atoms with Gasteiger partial charge in [0.2, 0.25) is 5.91 Å². The quantitative estimate of drug-likeness (QED) is 0.841. The molecule has 0 unspecified atom stereocenters. The van der Waals surface area contributed by atoms with Crippen LogP contribution in [-0.2, 0) is 11.2 Å². The largest absolute Gasteiger partial charge is 0.497 e. The maximum atomic E-state index is 11.7. The summed E-state index contributed by atoms with van der Waals surface area (Å²) in [5, 5.41) is 9.11. The fraction of sp³-hybridized carbons (Fsp3) is 0.462. The number of benzene rings is 1. The van der Waals surface area contributed by atoms with Crippen LogP contribution in [0.3, 0.4) is 0 Å². The zero-order valence-corrected chi connectivity index (χ0v) is 9.93. The number of carbonyl (C=O) groups is 1. The molecular weight excluding hydrogens is 218 g/mol. The molecule has 1 fully saturated rings. The van der Waals surface area contributed by atoms with Crippen LogP contribution in [0.1, 0.15) is 12.0 Å². The van der Waals surface area contributed by atoms with Gasteiger partial charge >= 0.3 is 0 Å². The molecule has 1 amide bonds. The van der Waals surface area contributed by atoms with E-state index in [1.807, 2.05) is 24.3 Å². The summed E-state index contributed by atoms with van der Waals surface area (Å²) < 4.78 is 5.13. The van der Waals surface area contributed by atoms with E-state index in [1.165, 1.54) is 0 Å². The lowest BCUT2D eigenvalue weighted by atomic mass is 10.1. The van der Waals surface area contributed by atoms with E-state index in [1.54, 1.807) is 12.0 Å². The van der Waals surface area contributed by atoms with Gasteiger partial charge in [0, 0.05) is 19.5 Å². The highest BCUT2D eigenvalue weighted by Crippen LogP contribution is 2.15. The molecule has 1 aliphatic rings. The van der Waals surface area contributed by atoms with Crippen LogP contribution in [0.4, 0.5) is 0 Å². The third-order valence-electron chi connectivity index (χ3n) is 2.98. The van der Waals surface area contributed by atoms with Crippen LogP contribution >= 0.6 is 0 Å². The molecule has 0 saturated carbocycles. The first kappa shape index (κ1) is 11.9. The molecular formula is C13H17NO3. The highest BCUT2D eigenvalue weighted by atomic mass is 16.5. The fourth-order valence-corrected chi connectivity index (χ4v) is 1.90. The first-order valence-corrected chi connectivity index (χ1v) is 5.78. The Morgan fingerprint density at radius 1 is 1.53 bits per heavy atom. The smallest absolute Gasteiger partial charge is 0.223 e. The van der Waals surface area contributed by atoms with E-state index in [0.29, 0.717) is 25.9 Å². The maximum absolute atomic E-state index is 11.7. The number of amides is 1. The number of methoxy groups -OCH3 is 1. The number of hydrogen-bond acceptors (Lipinski definition) is 3. The molecule has 17 heavy (non-hydrogen) atoms. The van der Waals surface area contributed by atoms with E-state index < -0.39 is 0 Å². The topological polar surface area (TPSA) is 49.8 Å². The van der Waals surface area contributed by atoms with Gasteiger partial charge in [-0.05, 0) is 24.1 Å². The highest BCUT2D eigenvalue weighted by molar-refractivity contribution is 5.77. The lowest BCUT2D eigenvalue weighted by Gasteiger charge is -2.35. The van der Waals surface area contributed by atoms with Crippen molar-refractivity contribution in [2.24, 2.45) is 0 Å². The molecule has 92 valence electrons. The van der Waals surface area contributed by atoms with Crippen LogP contribution in [0.2, 0.25) is 0 Å². The number of hydrogen-bond donors (Lipinski definition) is 1. The van der Waals surface area contributed by atoms with Crippen LogP contribution in [0.25, 0.3) is 0 Å². The lowest BCUT2D eigenvalue weighted by molar-refractivity contribution is -0.141. The Balaban J connectivity index is 1.82. The van der Waals surface area contributed by atoms with Crippen molar-refractivity contribution in [1.29, 1.82) is 0 Å². The molecule has 4 heteroatoms. The first-order valence-electron chi connectivity index (χ1n) is 5.78. The van der Waals surface area contributed by atoms with Crippen molar-refractivity contribution in [3.63, 3.8) is 0 Å². The monoisotopic (exact) mass is 235 g/mol. The molecule has 0 atom stereocenters. The average Bonchev–Trinajstić information content (AvgIpc) is 2.32. The predicted molar refractivity (Wildman–Crippen MR) is 63.9 cm³/mol. The number of likely N-dealkylation sites (tertiary alicyclic amines) is 1. The molecule has 0 radical (unpaired) electrons. The Labute approximate surface area is 101 Å². The van der Waals surface area contributed by atoms with Crippen molar-refractivity contribution in [2.45, 2.75) is 18.9 Å². The van der Waals surface area contributed by atoms with Gasteiger partial charge in [0.1, 0.15) is 5.75 Å². The minimum absolute atomic E-state index is 0.109. The van der Waals surface area contributed by atoms with Gasteiger partial charge in [-0.2, -0.15) is 0 Å². The van der Waals surface area contributed by atoms with Gasteiger partial charge < -0.3 is 14.7 Å². The van der Waals surface area contributed by atoms with Crippen LogP contribution in [0, 0.1) is 0 Å². The Morgan fingerprint density at radius 2 is 2.29 bits per heavy atom. The van der Waals surface area contributed by atoms with Gasteiger partial charge in [-0.25, -0.2) is 0 Å². The van der Waals surface area contributed by atoms with Crippen LogP contribution < -0.4 is 4.74 Å². The normalized spacial score (nSPS) is 15.5. The molecule has 0 aromatic heterocycles. The van der Waals surface area contributed by atoms with Crippen molar-refractivity contribution >= 4 is 5.91 Å². The van der Waals surface area contributed by atoms with Crippen molar-refractivity contribution in [1.82, 2.24) is 4.90 Å². The third kappa shape index (κ3) is 2.97. The number of aliphatic hydroxyl groups excluding tert-OH is 1. The Morgan fingerprint density at radius 3 is 2.94 bits per heavy atom. The minimum atomic E-state index is -0.323. The summed E-state index contributed by atoms with van der Waals surface area (Å²) in [4.78, 5) is 13.4. The molecule has 1 aromatic rings. The summed E-state index contributed by atoms with van der Waals surface area (Å²) in [6.07, 6.45) is 0.874. The standard InChI is InChI=1S/C13H17NO3/c1-17-12-4-2-3-10(7-12)5-6-13(16)14-8-11(15)9-14/h2-4,7,11,15H,5-6,8-9H2,1H3. The van der Waals surface area contributed by atoms with Crippen molar-refractivity contribution in [2.75, 3.05) is 20.2 Å². The summed E-state index contributed by atoms with van der Waals surface area (Å²) in [7, 11) is 1.63. The van der Waals surface area contributed by atoms with Gasteiger partial charge in [0.05, 0.1) is 13.2 Å². The van der Waals surface area contributed by atoms with Gasteiger partial charge in [0.25, 0.3) is 0 Å². The van der Waals surface area contributed by atoms with E-state index in [9.17, 15) is 4.79 Å². The number of aliphatic hydroxyl groups is 1. The van der Waals surface area contributed by atoms with Gasteiger partial charge in [-0.3, -0.25) is 4.79 Å². The first-order chi connectivity index (χ1) is 8.19. The number of β-amino-alcohol motifs (C(OH)–C–C–N with tert-alkyl or cyclic N) is 1. The summed E-state index contributed by atoms with van der Waals surface area (Å²) in [5.74, 6) is 0.924. The van der Waals surface area contributed by atoms with Gasteiger partial charge in [0.15, 0.2) is 0 Å².